The molecule has 0 saturated carbocycles. The molecule has 4 rings (SSSR count). The van der Waals surface area contributed by atoms with E-state index in [1.54, 1.807) is 0 Å². The van der Waals surface area contributed by atoms with Gasteiger partial charge in [0.1, 0.15) is 12.4 Å². The molecule has 0 spiro atoms. The van der Waals surface area contributed by atoms with E-state index >= 15 is 0 Å². The summed E-state index contributed by atoms with van der Waals surface area (Å²) in [5, 5.41) is 13.7. The van der Waals surface area contributed by atoms with Crippen LogP contribution in [0, 0.1) is 0 Å². The molecule has 0 bridgehead atoms. The van der Waals surface area contributed by atoms with Crippen molar-refractivity contribution in [3.05, 3.63) is 47.5 Å². The molecular formula is C28H36N4O7. The quantitative estimate of drug-likeness (QED) is 0.179. The third-order valence-corrected chi connectivity index (χ3v) is 5.94. The SMILES string of the molecule is CCOc1cccc(Nc2n[nH]c3c2Cc2cc(OCC)c(OCCOCCOCCNC(=O)OC)cc2-3)c1. The summed E-state index contributed by atoms with van der Waals surface area (Å²) in [5.74, 6) is 2.96. The number of benzene rings is 2. The Balaban J connectivity index is 1.31. The molecule has 11 nitrogen and oxygen atoms in total. The predicted octanol–water partition coefficient (Wildman–Crippen LogP) is 4.29. The number of carbonyl (C=O) groups excluding carboxylic acids is 1. The maximum atomic E-state index is 11.0. The first-order chi connectivity index (χ1) is 19.1. The Morgan fingerprint density at radius 1 is 0.949 bits per heavy atom. The Kier molecular flexibility index (Phi) is 10.3. The average molecular weight is 541 g/mol. The summed E-state index contributed by atoms with van der Waals surface area (Å²) in [6, 6.07) is 11.9. The van der Waals surface area contributed by atoms with Crippen LogP contribution < -0.4 is 24.8 Å². The van der Waals surface area contributed by atoms with E-state index in [1.165, 1.54) is 7.11 Å². The molecule has 3 N–H and O–H groups in total. The predicted molar refractivity (Wildman–Crippen MR) is 146 cm³/mol. The van der Waals surface area contributed by atoms with Gasteiger partial charge in [-0.25, -0.2) is 4.79 Å². The molecule has 39 heavy (non-hydrogen) atoms. The maximum Gasteiger partial charge on any atom is 0.406 e. The Morgan fingerprint density at radius 3 is 2.51 bits per heavy atom. The van der Waals surface area contributed by atoms with Crippen LogP contribution in [0.2, 0.25) is 0 Å². The first-order valence-electron chi connectivity index (χ1n) is 13.1. The van der Waals surface area contributed by atoms with Crippen LogP contribution in [0.15, 0.2) is 36.4 Å². The highest BCUT2D eigenvalue weighted by Crippen LogP contribution is 2.44. The van der Waals surface area contributed by atoms with Crippen molar-refractivity contribution in [2.75, 3.05) is 65.2 Å². The molecule has 1 aliphatic rings. The second-order valence-corrected chi connectivity index (χ2v) is 8.57. The van der Waals surface area contributed by atoms with Crippen molar-refractivity contribution in [2.45, 2.75) is 20.3 Å². The number of hydrogen-bond donors (Lipinski definition) is 3. The fourth-order valence-electron chi connectivity index (χ4n) is 4.21. The van der Waals surface area contributed by atoms with Gasteiger partial charge in [0.15, 0.2) is 17.3 Å². The van der Waals surface area contributed by atoms with Gasteiger partial charge in [-0.05, 0) is 43.7 Å². The number of rotatable bonds is 16. The van der Waals surface area contributed by atoms with Crippen LogP contribution in [0.4, 0.5) is 16.3 Å². The molecule has 1 heterocycles. The van der Waals surface area contributed by atoms with Crippen LogP contribution in [0.3, 0.4) is 0 Å². The molecule has 1 amide bonds. The van der Waals surface area contributed by atoms with E-state index in [1.807, 2.05) is 50.2 Å². The van der Waals surface area contributed by atoms with Crippen LogP contribution in [-0.4, -0.2) is 76.2 Å². The number of nitrogens with one attached hydrogen (secondary N) is 3. The molecule has 0 unspecified atom stereocenters. The van der Waals surface area contributed by atoms with Crippen LogP contribution in [0.5, 0.6) is 17.2 Å². The van der Waals surface area contributed by atoms with Gasteiger partial charge in [0.05, 0.1) is 52.4 Å². The lowest BCUT2D eigenvalue weighted by Crippen LogP contribution is -2.27. The molecule has 11 heteroatoms. The summed E-state index contributed by atoms with van der Waals surface area (Å²) in [6.07, 6.45) is 0.252. The Labute approximate surface area is 228 Å². The van der Waals surface area contributed by atoms with Crippen LogP contribution in [-0.2, 0) is 20.6 Å². The van der Waals surface area contributed by atoms with E-state index in [4.69, 9.17) is 23.7 Å². The standard InChI is InChI=1S/C28H36N4O7/c1-4-37-21-8-6-7-20(17-21)30-27-23-15-19-16-24(38-5-2)25(18-22(19)26(23)31-32-27)39-14-13-36-12-11-35-10-9-29-28(33)34-3/h6-8,16-18H,4-5,9-15H2,1-3H3,(H,29,33)(H2,30,31,32). The van der Waals surface area contributed by atoms with Gasteiger partial charge in [0.2, 0.25) is 0 Å². The van der Waals surface area contributed by atoms with Gasteiger partial charge in [-0.2, -0.15) is 5.10 Å². The topological polar surface area (TPSA) is 125 Å². The summed E-state index contributed by atoms with van der Waals surface area (Å²) in [6.45, 7) is 7.42. The Bertz CT molecular complexity index is 1230. The molecule has 2 aromatic carbocycles. The minimum absolute atomic E-state index is 0.363. The lowest BCUT2D eigenvalue weighted by molar-refractivity contribution is 0.0368. The number of aromatic amines is 1. The zero-order chi connectivity index (χ0) is 27.5. The summed E-state index contributed by atoms with van der Waals surface area (Å²) >= 11 is 0. The number of hydrogen-bond acceptors (Lipinski definition) is 9. The number of amides is 1. The monoisotopic (exact) mass is 540 g/mol. The molecule has 1 aliphatic carbocycles. The van der Waals surface area contributed by atoms with E-state index in [2.05, 4.69) is 25.6 Å². The normalized spacial score (nSPS) is 11.5. The van der Waals surface area contributed by atoms with E-state index in [9.17, 15) is 4.79 Å². The second kappa shape index (κ2) is 14.3. The van der Waals surface area contributed by atoms with Gasteiger partial charge in [-0.3, -0.25) is 5.10 Å². The van der Waals surface area contributed by atoms with Crippen LogP contribution >= 0.6 is 0 Å². The van der Waals surface area contributed by atoms with Crippen molar-refractivity contribution in [2.24, 2.45) is 0 Å². The molecule has 0 aliphatic heterocycles. The number of ether oxygens (including phenoxy) is 6. The number of aromatic nitrogens is 2. The van der Waals surface area contributed by atoms with Crippen molar-refractivity contribution < 1.29 is 33.2 Å². The van der Waals surface area contributed by atoms with Crippen molar-refractivity contribution in [1.82, 2.24) is 15.5 Å². The minimum atomic E-state index is -0.477. The van der Waals surface area contributed by atoms with Gasteiger partial charge in [0, 0.05) is 35.8 Å². The third kappa shape index (κ3) is 7.55. The number of nitrogens with zero attached hydrogens (tertiary/aromatic N) is 1. The molecule has 0 saturated heterocycles. The van der Waals surface area contributed by atoms with E-state index < -0.39 is 6.09 Å². The zero-order valence-corrected chi connectivity index (χ0v) is 22.6. The lowest BCUT2D eigenvalue weighted by atomic mass is 10.1. The average Bonchev–Trinajstić information content (AvgIpc) is 3.49. The number of H-pyrrole nitrogens is 1. The first kappa shape index (κ1) is 28.1. The summed E-state index contributed by atoms with van der Waals surface area (Å²) < 4.78 is 33.0. The summed E-state index contributed by atoms with van der Waals surface area (Å²) in [4.78, 5) is 11.0. The van der Waals surface area contributed by atoms with Gasteiger partial charge < -0.3 is 39.1 Å². The smallest absolute Gasteiger partial charge is 0.406 e. The highest BCUT2D eigenvalue weighted by atomic mass is 16.6. The first-order valence-corrected chi connectivity index (χ1v) is 13.1. The number of methoxy groups -OCH3 is 1. The van der Waals surface area contributed by atoms with Crippen molar-refractivity contribution in [3.8, 4) is 28.5 Å². The number of alkyl carbamates (subject to hydrolysis) is 1. The van der Waals surface area contributed by atoms with Gasteiger partial charge in [-0.1, -0.05) is 6.07 Å². The molecule has 1 aromatic heterocycles. The Morgan fingerprint density at radius 2 is 1.72 bits per heavy atom. The van der Waals surface area contributed by atoms with Crippen LogP contribution in [0.1, 0.15) is 25.0 Å². The third-order valence-electron chi connectivity index (χ3n) is 5.94. The van der Waals surface area contributed by atoms with E-state index in [0.717, 1.165) is 46.1 Å². The highest BCUT2D eigenvalue weighted by molar-refractivity contribution is 5.81. The van der Waals surface area contributed by atoms with Crippen LogP contribution in [0.25, 0.3) is 11.3 Å². The molecule has 0 radical (unpaired) electrons. The fraction of sp³-hybridized carbons (Fsp3) is 0.429. The lowest BCUT2D eigenvalue weighted by Gasteiger charge is -2.14. The molecular weight excluding hydrogens is 504 g/mol. The number of fused-ring (bicyclic) bond motifs is 3. The van der Waals surface area contributed by atoms with Crippen molar-refractivity contribution in [3.63, 3.8) is 0 Å². The summed E-state index contributed by atoms with van der Waals surface area (Å²) in [7, 11) is 1.32. The van der Waals surface area contributed by atoms with Gasteiger partial charge in [-0.15, -0.1) is 0 Å². The number of carbonyl (C=O) groups is 1. The van der Waals surface area contributed by atoms with Crippen molar-refractivity contribution in [1.29, 1.82) is 0 Å². The van der Waals surface area contributed by atoms with E-state index in [-0.39, 0.29) is 0 Å². The maximum absolute atomic E-state index is 11.0. The Hall–Kier alpha value is -3.96. The van der Waals surface area contributed by atoms with Crippen molar-refractivity contribution >= 4 is 17.6 Å². The molecule has 0 fully saturated rings. The largest absolute Gasteiger partial charge is 0.494 e. The molecule has 3 aromatic rings. The fourth-order valence-corrected chi connectivity index (χ4v) is 4.21. The molecule has 0 atom stereocenters. The summed E-state index contributed by atoms with van der Waals surface area (Å²) in [5.41, 5.74) is 5.17. The number of anilines is 2. The minimum Gasteiger partial charge on any atom is -0.494 e. The zero-order valence-electron chi connectivity index (χ0n) is 22.6. The van der Waals surface area contributed by atoms with E-state index in [0.29, 0.717) is 64.3 Å². The molecule has 210 valence electrons. The highest BCUT2D eigenvalue weighted by Gasteiger charge is 2.27. The van der Waals surface area contributed by atoms with Gasteiger partial charge >= 0.3 is 6.09 Å². The van der Waals surface area contributed by atoms with Gasteiger partial charge in [0.25, 0.3) is 0 Å². The second-order valence-electron chi connectivity index (χ2n) is 8.57.